The van der Waals surface area contributed by atoms with Gasteiger partial charge in [-0.05, 0) is 44.1 Å². The summed E-state index contributed by atoms with van der Waals surface area (Å²) in [6.07, 6.45) is 3.37. The van der Waals surface area contributed by atoms with Crippen LogP contribution in [0.2, 0.25) is 0 Å². The summed E-state index contributed by atoms with van der Waals surface area (Å²) in [7, 11) is 0. The van der Waals surface area contributed by atoms with Crippen molar-refractivity contribution >= 4 is 0 Å². The Bertz CT molecular complexity index is 271. The second-order valence-electron chi connectivity index (χ2n) is 6.22. The lowest BCUT2D eigenvalue weighted by Crippen LogP contribution is -2.48. The van der Waals surface area contributed by atoms with E-state index < -0.39 is 12.1 Å². The van der Waals surface area contributed by atoms with Gasteiger partial charge in [0, 0.05) is 6.04 Å². The number of hydrogen-bond donors (Lipinski definition) is 1. The zero-order valence-electron chi connectivity index (χ0n) is 11.8. The van der Waals surface area contributed by atoms with Crippen LogP contribution in [0, 0.1) is 17.8 Å². The minimum atomic E-state index is -4.02. The lowest BCUT2D eigenvalue weighted by Gasteiger charge is -2.41. The van der Waals surface area contributed by atoms with Gasteiger partial charge in [0.05, 0.1) is 5.92 Å². The van der Waals surface area contributed by atoms with E-state index in [0.717, 1.165) is 38.6 Å². The predicted octanol–water partition coefficient (Wildman–Crippen LogP) is 4.52. The first-order valence-corrected chi connectivity index (χ1v) is 7.84. The monoisotopic (exact) mass is 277 g/mol. The molecule has 2 aliphatic rings. The molecule has 2 aliphatic carbocycles. The maximum atomic E-state index is 13.3. The molecular formula is C15H26F3N. The van der Waals surface area contributed by atoms with E-state index in [1.807, 2.05) is 6.92 Å². The van der Waals surface area contributed by atoms with Crippen molar-refractivity contribution in [3.8, 4) is 0 Å². The maximum absolute atomic E-state index is 13.3. The topological polar surface area (TPSA) is 12.0 Å². The lowest BCUT2D eigenvalue weighted by molar-refractivity contribution is -0.200. The van der Waals surface area contributed by atoms with Crippen LogP contribution in [0.4, 0.5) is 13.2 Å². The Morgan fingerprint density at radius 2 is 1.58 bits per heavy atom. The van der Waals surface area contributed by atoms with Crippen molar-refractivity contribution in [1.29, 1.82) is 0 Å². The molecule has 2 rings (SSSR count). The predicted molar refractivity (Wildman–Crippen MR) is 70.9 cm³/mol. The molecule has 0 heterocycles. The summed E-state index contributed by atoms with van der Waals surface area (Å²) in [5.74, 6) is -0.810. The molecule has 0 aromatic heterocycles. The highest BCUT2D eigenvalue weighted by Gasteiger charge is 2.49. The maximum Gasteiger partial charge on any atom is 0.392 e. The highest BCUT2D eigenvalue weighted by molar-refractivity contribution is 4.93. The molecule has 0 aromatic rings. The Balaban J connectivity index is 2.12. The molecule has 3 unspecified atom stereocenters. The molecule has 19 heavy (non-hydrogen) atoms. The van der Waals surface area contributed by atoms with Crippen LogP contribution >= 0.6 is 0 Å². The Hall–Kier alpha value is -0.250. The van der Waals surface area contributed by atoms with E-state index in [9.17, 15) is 13.2 Å². The largest absolute Gasteiger partial charge is 0.392 e. The Kier molecular flexibility index (Phi) is 5.15. The van der Waals surface area contributed by atoms with Gasteiger partial charge in [0.1, 0.15) is 0 Å². The Morgan fingerprint density at radius 1 is 1.00 bits per heavy atom. The Morgan fingerprint density at radius 3 is 2.16 bits per heavy atom. The third kappa shape index (κ3) is 3.65. The van der Waals surface area contributed by atoms with Crippen LogP contribution in [0.25, 0.3) is 0 Å². The number of halogens is 3. The van der Waals surface area contributed by atoms with E-state index in [4.69, 9.17) is 0 Å². The highest BCUT2D eigenvalue weighted by Crippen LogP contribution is 2.45. The number of hydrogen-bond acceptors (Lipinski definition) is 1. The number of nitrogens with one attached hydrogen (secondary N) is 1. The van der Waals surface area contributed by atoms with Gasteiger partial charge in [0.2, 0.25) is 0 Å². The summed E-state index contributed by atoms with van der Waals surface area (Å²) in [5, 5.41) is 3.40. The summed E-state index contributed by atoms with van der Waals surface area (Å²) in [6.45, 7) is 2.79. The fourth-order valence-electron chi connectivity index (χ4n) is 4.22. The van der Waals surface area contributed by atoms with E-state index in [1.54, 1.807) is 0 Å². The molecule has 1 nitrogen and oxygen atoms in total. The first kappa shape index (κ1) is 15.1. The zero-order chi connectivity index (χ0) is 13.9. The summed E-state index contributed by atoms with van der Waals surface area (Å²) >= 11 is 0. The molecule has 1 N–H and O–H groups in total. The van der Waals surface area contributed by atoms with Crippen LogP contribution in [0.3, 0.4) is 0 Å². The van der Waals surface area contributed by atoms with Crippen molar-refractivity contribution in [2.45, 2.75) is 70.5 Å². The standard InChI is InChI=1S/C15H26F3N/c1-2-19-14(11-7-3-4-8-11)12-9-5-6-10-13(12)15(16,17)18/h11-14,19H,2-10H2,1H3. The van der Waals surface area contributed by atoms with Gasteiger partial charge >= 0.3 is 6.18 Å². The van der Waals surface area contributed by atoms with Crippen molar-refractivity contribution in [2.24, 2.45) is 17.8 Å². The van der Waals surface area contributed by atoms with E-state index in [0.29, 0.717) is 12.3 Å². The third-order valence-corrected chi connectivity index (χ3v) is 5.05. The number of alkyl halides is 3. The summed E-state index contributed by atoms with van der Waals surface area (Å²) in [4.78, 5) is 0. The van der Waals surface area contributed by atoms with E-state index in [1.165, 1.54) is 12.8 Å². The van der Waals surface area contributed by atoms with Crippen LogP contribution in [0.5, 0.6) is 0 Å². The molecular weight excluding hydrogens is 251 g/mol. The molecule has 0 saturated heterocycles. The SMILES string of the molecule is CCNC(C1CCCC1)C1CCCCC1C(F)(F)F. The number of rotatable bonds is 4. The fourth-order valence-corrected chi connectivity index (χ4v) is 4.22. The molecule has 2 fully saturated rings. The highest BCUT2D eigenvalue weighted by atomic mass is 19.4. The summed E-state index contributed by atoms with van der Waals surface area (Å²) < 4.78 is 39.8. The fraction of sp³-hybridized carbons (Fsp3) is 1.00. The van der Waals surface area contributed by atoms with Crippen LogP contribution in [-0.2, 0) is 0 Å². The quantitative estimate of drug-likeness (QED) is 0.796. The Labute approximate surface area is 114 Å². The molecule has 0 aliphatic heterocycles. The van der Waals surface area contributed by atoms with Gasteiger partial charge < -0.3 is 5.32 Å². The van der Waals surface area contributed by atoms with Crippen LogP contribution in [0.1, 0.15) is 58.3 Å². The third-order valence-electron chi connectivity index (χ3n) is 5.05. The summed E-state index contributed by atoms with van der Waals surface area (Å²) in [6, 6.07) is 0.0828. The minimum Gasteiger partial charge on any atom is -0.314 e. The van der Waals surface area contributed by atoms with Gasteiger partial charge in [-0.2, -0.15) is 13.2 Å². The van der Waals surface area contributed by atoms with E-state index in [2.05, 4.69) is 5.32 Å². The van der Waals surface area contributed by atoms with E-state index in [-0.39, 0.29) is 12.0 Å². The van der Waals surface area contributed by atoms with Gasteiger partial charge in [0.15, 0.2) is 0 Å². The molecule has 3 atom stereocenters. The molecule has 0 spiro atoms. The van der Waals surface area contributed by atoms with Crippen molar-refractivity contribution in [1.82, 2.24) is 5.32 Å². The van der Waals surface area contributed by atoms with Crippen LogP contribution in [-0.4, -0.2) is 18.8 Å². The van der Waals surface area contributed by atoms with Gasteiger partial charge in [0.25, 0.3) is 0 Å². The minimum absolute atomic E-state index is 0.0828. The summed E-state index contributed by atoms with van der Waals surface area (Å²) in [5.41, 5.74) is 0. The van der Waals surface area contributed by atoms with Crippen molar-refractivity contribution in [3.05, 3.63) is 0 Å². The van der Waals surface area contributed by atoms with Gasteiger partial charge in [-0.25, -0.2) is 0 Å². The molecule has 2 saturated carbocycles. The van der Waals surface area contributed by atoms with Gasteiger partial charge in [-0.1, -0.05) is 32.6 Å². The second kappa shape index (κ2) is 6.47. The first-order chi connectivity index (χ1) is 9.04. The molecule has 112 valence electrons. The van der Waals surface area contributed by atoms with Gasteiger partial charge in [-0.15, -0.1) is 0 Å². The smallest absolute Gasteiger partial charge is 0.314 e. The lowest BCUT2D eigenvalue weighted by atomic mass is 9.71. The van der Waals surface area contributed by atoms with Gasteiger partial charge in [-0.3, -0.25) is 0 Å². The van der Waals surface area contributed by atoms with E-state index >= 15 is 0 Å². The average Bonchev–Trinajstić information content (AvgIpc) is 2.88. The molecule has 0 radical (unpaired) electrons. The second-order valence-corrected chi connectivity index (χ2v) is 6.22. The first-order valence-electron chi connectivity index (χ1n) is 7.84. The zero-order valence-corrected chi connectivity index (χ0v) is 11.8. The molecule has 4 heteroatoms. The molecule has 0 aromatic carbocycles. The molecule has 0 bridgehead atoms. The van der Waals surface area contributed by atoms with Crippen molar-refractivity contribution in [3.63, 3.8) is 0 Å². The van der Waals surface area contributed by atoms with Crippen LogP contribution in [0.15, 0.2) is 0 Å². The molecule has 0 amide bonds. The van der Waals surface area contributed by atoms with Crippen LogP contribution < -0.4 is 5.32 Å². The normalized spacial score (nSPS) is 31.6. The van der Waals surface area contributed by atoms with Crippen molar-refractivity contribution in [2.75, 3.05) is 6.54 Å². The van der Waals surface area contributed by atoms with Crippen molar-refractivity contribution < 1.29 is 13.2 Å². The average molecular weight is 277 g/mol.